The van der Waals surface area contributed by atoms with Crippen LogP contribution in [0.15, 0.2) is 0 Å². The molecule has 0 heterocycles. The van der Waals surface area contributed by atoms with Crippen molar-refractivity contribution in [1.82, 2.24) is 10.2 Å². The van der Waals surface area contributed by atoms with Gasteiger partial charge in [0, 0.05) is 19.1 Å². The third kappa shape index (κ3) is 4.42. The van der Waals surface area contributed by atoms with E-state index < -0.39 is 0 Å². The van der Waals surface area contributed by atoms with Crippen LogP contribution in [0.4, 0.5) is 0 Å². The summed E-state index contributed by atoms with van der Waals surface area (Å²) in [7, 11) is 2.07. The Labute approximate surface area is 102 Å². The van der Waals surface area contributed by atoms with Gasteiger partial charge in [0.25, 0.3) is 0 Å². The summed E-state index contributed by atoms with van der Waals surface area (Å²) in [4.78, 5) is 2.74. The highest BCUT2D eigenvalue weighted by atomic mass is 15.2. The lowest BCUT2D eigenvalue weighted by Gasteiger charge is -2.35. The molecule has 1 unspecified atom stereocenters. The van der Waals surface area contributed by atoms with E-state index in [0.29, 0.717) is 5.41 Å². The molecule has 0 amide bonds. The Hall–Kier alpha value is -0.0800. The average molecular weight is 226 g/mol. The molecule has 1 fully saturated rings. The predicted octanol–water partition coefficient (Wildman–Crippen LogP) is 2.89. The van der Waals surface area contributed by atoms with Crippen LogP contribution in [0.3, 0.4) is 0 Å². The van der Waals surface area contributed by atoms with Gasteiger partial charge in [-0.05, 0) is 44.7 Å². The molecule has 2 heteroatoms. The Morgan fingerprint density at radius 3 is 2.44 bits per heavy atom. The van der Waals surface area contributed by atoms with Gasteiger partial charge in [0.15, 0.2) is 0 Å². The van der Waals surface area contributed by atoms with Crippen molar-refractivity contribution >= 4 is 0 Å². The smallest absolute Gasteiger partial charge is 0.00966 e. The monoisotopic (exact) mass is 226 g/mol. The van der Waals surface area contributed by atoms with Crippen LogP contribution in [0.1, 0.15) is 52.9 Å². The predicted molar refractivity (Wildman–Crippen MR) is 71.8 cm³/mol. The minimum atomic E-state index is 0.449. The van der Waals surface area contributed by atoms with E-state index in [1.807, 2.05) is 0 Å². The topological polar surface area (TPSA) is 15.3 Å². The maximum absolute atomic E-state index is 3.35. The van der Waals surface area contributed by atoms with Crippen molar-refractivity contribution in [2.24, 2.45) is 5.41 Å². The highest BCUT2D eigenvalue weighted by Crippen LogP contribution is 2.31. The van der Waals surface area contributed by atoms with Crippen molar-refractivity contribution in [3.63, 3.8) is 0 Å². The second-order valence-electron chi connectivity index (χ2n) is 5.75. The minimum Gasteiger partial charge on any atom is -0.319 e. The second-order valence-corrected chi connectivity index (χ2v) is 5.75. The molecule has 0 aromatic carbocycles. The molecule has 1 N–H and O–H groups in total. The third-order valence-electron chi connectivity index (χ3n) is 3.90. The molecule has 1 atom stereocenters. The number of nitrogens with zero attached hydrogens (tertiary/aromatic N) is 1. The van der Waals surface area contributed by atoms with Crippen LogP contribution in [0.2, 0.25) is 0 Å². The first kappa shape index (κ1) is 14.0. The van der Waals surface area contributed by atoms with Crippen molar-refractivity contribution in [3.05, 3.63) is 0 Å². The lowest BCUT2D eigenvalue weighted by atomic mass is 9.86. The zero-order chi connectivity index (χ0) is 12.0. The van der Waals surface area contributed by atoms with Gasteiger partial charge in [-0.2, -0.15) is 0 Å². The van der Waals surface area contributed by atoms with E-state index in [0.717, 1.165) is 12.6 Å². The van der Waals surface area contributed by atoms with Gasteiger partial charge in [-0.25, -0.2) is 0 Å². The first-order valence-corrected chi connectivity index (χ1v) is 7.04. The highest BCUT2D eigenvalue weighted by Gasteiger charge is 2.33. The molecule has 0 aromatic rings. The maximum Gasteiger partial charge on any atom is 0.00966 e. The summed E-state index contributed by atoms with van der Waals surface area (Å²) >= 11 is 0. The normalized spacial score (nSPS) is 20.1. The number of hydrogen-bond acceptors (Lipinski definition) is 2. The molecule has 0 spiro atoms. The van der Waals surface area contributed by atoms with E-state index in [-0.39, 0.29) is 0 Å². The molecular weight excluding hydrogens is 196 g/mol. The fraction of sp³-hybridized carbons (Fsp3) is 1.00. The Kier molecular flexibility index (Phi) is 5.77. The molecule has 16 heavy (non-hydrogen) atoms. The highest BCUT2D eigenvalue weighted by molar-refractivity contribution is 4.89. The molecule has 0 aromatic heterocycles. The zero-order valence-corrected chi connectivity index (χ0v) is 11.7. The average Bonchev–Trinajstić information content (AvgIpc) is 3.08. The molecule has 96 valence electrons. The van der Waals surface area contributed by atoms with Gasteiger partial charge < -0.3 is 5.32 Å². The van der Waals surface area contributed by atoms with Gasteiger partial charge in [0.05, 0.1) is 0 Å². The summed E-state index contributed by atoms with van der Waals surface area (Å²) in [5.74, 6) is 0. The minimum absolute atomic E-state index is 0.449. The van der Waals surface area contributed by atoms with E-state index in [9.17, 15) is 0 Å². The molecule has 1 aliphatic carbocycles. The van der Waals surface area contributed by atoms with Crippen LogP contribution in [0, 0.1) is 5.41 Å². The molecule has 0 saturated heterocycles. The van der Waals surface area contributed by atoms with E-state index in [4.69, 9.17) is 0 Å². The lowest BCUT2D eigenvalue weighted by molar-refractivity contribution is 0.148. The summed E-state index contributed by atoms with van der Waals surface area (Å²) in [5, 5.41) is 3.35. The van der Waals surface area contributed by atoms with E-state index >= 15 is 0 Å². The van der Waals surface area contributed by atoms with Gasteiger partial charge >= 0.3 is 0 Å². The van der Waals surface area contributed by atoms with Crippen molar-refractivity contribution in [1.29, 1.82) is 0 Å². The van der Waals surface area contributed by atoms with Crippen molar-refractivity contribution in [3.8, 4) is 0 Å². The Morgan fingerprint density at radius 2 is 2.00 bits per heavy atom. The molecular formula is C14H30N2. The largest absolute Gasteiger partial charge is 0.319 e. The lowest BCUT2D eigenvalue weighted by Crippen LogP contribution is -2.42. The Balaban J connectivity index is 2.44. The number of nitrogens with one attached hydrogen (secondary N) is 1. The van der Waals surface area contributed by atoms with Crippen LogP contribution < -0.4 is 5.32 Å². The van der Waals surface area contributed by atoms with Gasteiger partial charge in [0.2, 0.25) is 0 Å². The van der Waals surface area contributed by atoms with Crippen LogP contribution in [-0.2, 0) is 0 Å². The zero-order valence-electron chi connectivity index (χ0n) is 11.7. The third-order valence-corrected chi connectivity index (χ3v) is 3.90. The SMILES string of the molecule is CCCCN(CC(C)(CC)CNC)C1CC1. The molecule has 1 saturated carbocycles. The molecule has 0 bridgehead atoms. The van der Waals surface area contributed by atoms with Gasteiger partial charge in [-0.3, -0.25) is 4.90 Å². The molecule has 0 radical (unpaired) electrons. The Bertz CT molecular complexity index is 189. The van der Waals surface area contributed by atoms with Crippen LogP contribution in [0.25, 0.3) is 0 Å². The van der Waals surface area contributed by atoms with Gasteiger partial charge in [-0.15, -0.1) is 0 Å². The molecule has 2 nitrogen and oxygen atoms in total. The summed E-state index contributed by atoms with van der Waals surface area (Å²) in [6.45, 7) is 10.7. The first-order chi connectivity index (χ1) is 7.65. The quantitative estimate of drug-likeness (QED) is 0.650. The summed E-state index contributed by atoms with van der Waals surface area (Å²) in [5.41, 5.74) is 0.449. The fourth-order valence-corrected chi connectivity index (χ4v) is 2.40. The Morgan fingerprint density at radius 1 is 1.31 bits per heavy atom. The standard InChI is InChI=1S/C14H30N2/c1-5-7-10-16(13-8-9-13)12-14(3,6-2)11-15-4/h13,15H,5-12H2,1-4H3. The number of hydrogen-bond donors (Lipinski definition) is 1. The van der Waals surface area contributed by atoms with E-state index in [1.165, 1.54) is 45.2 Å². The van der Waals surface area contributed by atoms with Crippen molar-refractivity contribution in [2.75, 3.05) is 26.7 Å². The first-order valence-electron chi connectivity index (χ1n) is 7.04. The van der Waals surface area contributed by atoms with Crippen LogP contribution in [-0.4, -0.2) is 37.6 Å². The number of unbranched alkanes of at least 4 members (excludes halogenated alkanes) is 1. The summed E-state index contributed by atoms with van der Waals surface area (Å²) < 4.78 is 0. The summed E-state index contributed by atoms with van der Waals surface area (Å²) in [6, 6.07) is 0.911. The van der Waals surface area contributed by atoms with Gasteiger partial charge in [-0.1, -0.05) is 27.2 Å². The second kappa shape index (κ2) is 6.61. The molecule has 1 rings (SSSR count). The van der Waals surface area contributed by atoms with Crippen LogP contribution in [0.5, 0.6) is 0 Å². The molecule has 1 aliphatic rings. The molecule has 0 aliphatic heterocycles. The maximum atomic E-state index is 3.35. The van der Waals surface area contributed by atoms with Gasteiger partial charge in [0.1, 0.15) is 0 Å². The summed E-state index contributed by atoms with van der Waals surface area (Å²) in [6.07, 6.45) is 6.81. The van der Waals surface area contributed by atoms with Crippen molar-refractivity contribution in [2.45, 2.75) is 58.9 Å². The fourth-order valence-electron chi connectivity index (χ4n) is 2.40. The van der Waals surface area contributed by atoms with Crippen molar-refractivity contribution < 1.29 is 0 Å². The van der Waals surface area contributed by atoms with E-state index in [1.54, 1.807) is 0 Å². The van der Waals surface area contributed by atoms with E-state index in [2.05, 4.69) is 38.0 Å². The van der Waals surface area contributed by atoms with Crippen LogP contribution >= 0.6 is 0 Å². The number of rotatable bonds is 9.